The molecule has 3 atom stereocenters. The Hall–Kier alpha value is -0.410. The monoisotopic (exact) mass is 422 g/mol. The molecule has 2 saturated heterocycles. The van der Waals surface area contributed by atoms with E-state index in [-0.39, 0.29) is 24.0 Å². The van der Waals surface area contributed by atoms with Crippen molar-refractivity contribution in [3.05, 3.63) is 16.1 Å². The molecule has 0 spiro atoms. The number of aromatic nitrogens is 1. The third-order valence-electron chi connectivity index (χ3n) is 3.81. The van der Waals surface area contributed by atoms with Crippen LogP contribution in [0.5, 0.6) is 0 Å². The summed E-state index contributed by atoms with van der Waals surface area (Å²) in [5.74, 6) is 0.876. The number of fused-ring (bicyclic) bond motifs is 2. The molecule has 2 aliphatic rings. The highest BCUT2D eigenvalue weighted by molar-refractivity contribution is 14.0. The average Bonchev–Trinajstić information content (AvgIpc) is 3.13. The minimum Gasteiger partial charge on any atom is -0.373 e. The largest absolute Gasteiger partial charge is 0.373 e. The van der Waals surface area contributed by atoms with Crippen LogP contribution in [0, 0.1) is 6.92 Å². The molecule has 0 saturated carbocycles. The van der Waals surface area contributed by atoms with E-state index in [0.717, 1.165) is 23.9 Å². The predicted molar refractivity (Wildman–Crippen MR) is 96.5 cm³/mol. The first-order valence-electron chi connectivity index (χ1n) is 7.36. The lowest BCUT2D eigenvalue weighted by atomic mass is 9.96. The quantitative estimate of drug-likeness (QED) is 0.445. The van der Waals surface area contributed by atoms with Gasteiger partial charge in [0.15, 0.2) is 5.96 Å². The topological polar surface area (TPSA) is 58.5 Å². The molecule has 2 fully saturated rings. The number of aliphatic imine (C=N–C) groups is 1. The van der Waals surface area contributed by atoms with Gasteiger partial charge in [0.1, 0.15) is 5.01 Å². The fraction of sp³-hybridized carbons (Fsp3) is 0.714. The molecule has 21 heavy (non-hydrogen) atoms. The molecule has 118 valence electrons. The normalized spacial score (nSPS) is 27.5. The van der Waals surface area contributed by atoms with Gasteiger partial charge < -0.3 is 15.4 Å². The molecule has 3 heterocycles. The first-order chi connectivity index (χ1) is 9.74. The van der Waals surface area contributed by atoms with Crippen molar-refractivity contribution in [1.29, 1.82) is 0 Å². The fourth-order valence-electron chi connectivity index (χ4n) is 2.91. The first kappa shape index (κ1) is 17.0. The second-order valence-corrected chi connectivity index (χ2v) is 6.74. The molecule has 2 aliphatic heterocycles. The van der Waals surface area contributed by atoms with Gasteiger partial charge in [0.05, 0.1) is 24.8 Å². The first-order valence-corrected chi connectivity index (χ1v) is 8.18. The van der Waals surface area contributed by atoms with E-state index in [0.29, 0.717) is 24.8 Å². The van der Waals surface area contributed by atoms with Gasteiger partial charge in [-0.3, -0.25) is 0 Å². The van der Waals surface area contributed by atoms with Crippen LogP contribution in [-0.2, 0) is 11.3 Å². The van der Waals surface area contributed by atoms with Crippen molar-refractivity contribution in [3.8, 4) is 0 Å². The van der Waals surface area contributed by atoms with Crippen LogP contribution in [0.15, 0.2) is 11.2 Å². The van der Waals surface area contributed by atoms with Crippen molar-refractivity contribution in [2.45, 2.75) is 57.9 Å². The second-order valence-electron chi connectivity index (χ2n) is 5.42. The Balaban J connectivity index is 0.00000161. The third kappa shape index (κ3) is 4.29. The van der Waals surface area contributed by atoms with Crippen molar-refractivity contribution in [2.24, 2.45) is 4.99 Å². The van der Waals surface area contributed by atoms with Crippen LogP contribution in [0.4, 0.5) is 0 Å². The number of thiazole rings is 1. The van der Waals surface area contributed by atoms with E-state index in [1.54, 1.807) is 11.3 Å². The van der Waals surface area contributed by atoms with Crippen LogP contribution < -0.4 is 10.6 Å². The summed E-state index contributed by atoms with van der Waals surface area (Å²) in [5.41, 5.74) is 0. The SMILES string of the molecule is CCNC(=NCc1ncc(C)s1)NC1CC2CCC1O2.I. The molecule has 3 unspecified atom stereocenters. The van der Waals surface area contributed by atoms with Crippen molar-refractivity contribution in [1.82, 2.24) is 15.6 Å². The Labute approximate surface area is 147 Å². The van der Waals surface area contributed by atoms with Crippen LogP contribution >= 0.6 is 35.3 Å². The molecule has 0 aliphatic carbocycles. The van der Waals surface area contributed by atoms with E-state index in [1.165, 1.54) is 17.7 Å². The van der Waals surface area contributed by atoms with Gasteiger partial charge >= 0.3 is 0 Å². The summed E-state index contributed by atoms with van der Waals surface area (Å²) >= 11 is 1.70. The molecule has 2 bridgehead atoms. The van der Waals surface area contributed by atoms with Crippen LogP contribution in [0.2, 0.25) is 0 Å². The molecule has 7 heteroatoms. The summed E-state index contributed by atoms with van der Waals surface area (Å²) in [5, 5.41) is 7.88. The van der Waals surface area contributed by atoms with E-state index in [4.69, 9.17) is 4.74 Å². The summed E-state index contributed by atoms with van der Waals surface area (Å²) in [7, 11) is 0. The van der Waals surface area contributed by atoms with Gasteiger partial charge in [-0.1, -0.05) is 0 Å². The average molecular weight is 422 g/mol. The molecule has 0 amide bonds. The second kappa shape index (κ2) is 7.73. The van der Waals surface area contributed by atoms with Crippen LogP contribution in [-0.4, -0.2) is 35.7 Å². The smallest absolute Gasteiger partial charge is 0.191 e. The number of hydrogen-bond donors (Lipinski definition) is 2. The number of nitrogens with zero attached hydrogens (tertiary/aromatic N) is 2. The zero-order valence-electron chi connectivity index (χ0n) is 12.5. The summed E-state index contributed by atoms with van der Waals surface area (Å²) in [6.45, 7) is 5.66. The number of rotatable bonds is 4. The zero-order chi connectivity index (χ0) is 13.9. The van der Waals surface area contributed by atoms with Gasteiger partial charge in [0.25, 0.3) is 0 Å². The van der Waals surface area contributed by atoms with Crippen molar-refractivity contribution in [3.63, 3.8) is 0 Å². The van der Waals surface area contributed by atoms with Crippen LogP contribution in [0.3, 0.4) is 0 Å². The number of halogens is 1. The molecule has 1 aromatic heterocycles. The Kier molecular flexibility index (Phi) is 6.24. The molecule has 0 aromatic carbocycles. The van der Waals surface area contributed by atoms with E-state index < -0.39 is 0 Å². The Morgan fingerprint density at radius 3 is 2.95 bits per heavy atom. The highest BCUT2D eigenvalue weighted by atomic mass is 127. The molecule has 5 nitrogen and oxygen atoms in total. The van der Waals surface area contributed by atoms with E-state index in [2.05, 4.69) is 34.5 Å². The lowest BCUT2D eigenvalue weighted by Crippen LogP contribution is -2.47. The molecule has 2 N–H and O–H groups in total. The Morgan fingerprint density at radius 2 is 2.38 bits per heavy atom. The Bertz CT molecular complexity index is 493. The maximum Gasteiger partial charge on any atom is 0.191 e. The summed E-state index contributed by atoms with van der Waals surface area (Å²) < 4.78 is 5.87. The zero-order valence-corrected chi connectivity index (χ0v) is 15.6. The van der Waals surface area contributed by atoms with Crippen molar-refractivity contribution >= 4 is 41.3 Å². The maximum atomic E-state index is 5.87. The summed E-state index contributed by atoms with van der Waals surface area (Å²) in [4.78, 5) is 10.2. The van der Waals surface area contributed by atoms with Crippen LogP contribution in [0.25, 0.3) is 0 Å². The maximum absolute atomic E-state index is 5.87. The van der Waals surface area contributed by atoms with E-state index in [9.17, 15) is 0 Å². The number of nitrogens with one attached hydrogen (secondary N) is 2. The van der Waals surface area contributed by atoms with E-state index >= 15 is 0 Å². The minimum absolute atomic E-state index is 0. The molecule has 1 aromatic rings. The summed E-state index contributed by atoms with van der Waals surface area (Å²) in [6.07, 6.45) is 6.22. The van der Waals surface area contributed by atoms with Gasteiger partial charge in [0.2, 0.25) is 0 Å². The lowest BCUT2D eigenvalue weighted by molar-refractivity contribution is 0.0992. The minimum atomic E-state index is 0. The van der Waals surface area contributed by atoms with Crippen LogP contribution in [0.1, 0.15) is 36.1 Å². The van der Waals surface area contributed by atoms with Crippen molar-refractivity contribution in [2.75, 3.05) is 6.54 Å². The van der Waals surface area contributed by atoms with Gasteiger partial charge in [-0.15, -0.1) is 35.3 Å². The highest BCUT2D eigenvalue weighted by Crippen LogP contribution is 2.34. The van der Waals surface area contributed by atoms with Gasteiger partial charge in [0, 0.05) is 17.6 Å². The molecule has 3 rings (SSSR count). The standard InChI is InChI=1S/C14H22N4OS.HI/c1-3-15-14(17-8-13-16-7-9(2)20-13)18-11-6-10-4-5-12(11)19-10;/h7,10-12H,3-6,8H2,1-2H3,(H2,15,17,18);1H. The van der Waals surface area contributed by atoms with Crippen molar-refractivity contribution < 1.29 is 4.74 Å². The number of aryl methyl sites for hydroxylation is 1. The van der Waals surface area contributed by atoms with Gasteiger partial charge in [-0.25, -0.2) is 9.98 Å². The van der Waals surface area contributed by atoms with Gasteiger partial charge in [-0.2, -0.15) is 0 Å². The van der Waals surface area contributed by atoms with E-state index in [1.807, 2.05) is 6.20 Å². The number of hydrogen-bond acceptors (Lipinski definition) is 4. The van der Waals surface area contributed by atoms with Gasteiger partial charge in [-0.05, 0) is 33.1 Å². The Morgan fingerprint density at radius 1 is 1.52 bits per heavy atom. The molecular weight excluding hydrogens is 399 g/mol. The fourth-order valence-corrected chi connectivity index (χ4v) is 3.62. The molecular formula is C14H23IN4OS. The summed E-state index contributed by atoms with van der Waals surface area (Å²) in [6, 6.07) is 0.407. The third-order valence-corrected chi connectivity index (χ3v) is 4.71. The molecule has 0 radical (unpaired) electrons. The number of ether oxygens (including phenoxy) is 1. The lowest BCUT2D eigenvalue weighted by Gasteiger charge is -2.22. The highest BCUT2D eigenvalue weighted by Gasteiger charge is 2.41. The number of guanidine groups is 1. The predicted octanol–water partition coefficient (Wildman–Crippen LogP) is 2.44.